The molecule has 0 radical (unpaired) electrons. The number of nitrogens with one attached hydrogen (secondary N) is 1. The van der Waals surface area contributed by atoms with E-state index in [1.807, 2.05) is 26.0 Å². The molecule has 1 aromatic heterocycles. The van der Waals surface area contributed by atoms with E-state index in [9.17, 15) is 14.4 Å². The van der Waals surface area contributed by atoms with Gasteiger partial charge in [0.15, 0.2) is 5.43 Å². The topological polar surface area (TPSA) is 85.6 Å². The van der Waals surface area contributed by atoms with Crippen LogP contribution in [0.15, 0.2) is 75.9 Å². The number of carbonyl (C=O) groups excluding carboxylic acids is 2. The third-order valence-corrected chi connectivity index (χ3v) is 5.42. The van der Waals surface area contributed by atoms with Crippen LogP contribution in [-0.2, 0) is 11.3 Å². The van der Waals surface area contributed by atoms with Crippen LogP contribution in [0.3, 0.4) is 0 Å². The first-order valence-corrected chi connectivity index (χ1v) is 10.5. The van der Waals surface area contributed by atoms with E-state index >= 15 is 0 Å². The standard InChI is InChI=1S/C27H23NO5/c1-16-12-17(2)25-22(13-16)23(29)14-24(33-25)19-8-10-20(11-9-19)26(30)28-15-18-4-6-21(7-5-18)27(31)32-3/h4-14H,15H2,1-3H3,(H,28,30). The van der Waals surface area contributed by atoms with Crippen LogP contribution >= 0.6 is 0 Å². The number of esters is 1. The summed E-state index contributed by atoms with van der Waals surface area (Å²) in [5.41, 5.74) is 4.89. The van der Waals surface area contributed by atoms with E-state index in [2.05, 4.69) is 10.1 Å². The van der Waals surface area contributed by atoms with E-state index in [-0.39, 0.29) is 11.3 Å². The van der Waals surface area contributed by atoms with Crippen LogP contribution in [0.5, 0.6) is 0 Å². The minimum absolute atomic E-state index is 0.0990. The van der Waals surface area contributed by atoms with Gasteiger partial charge in [0.1, 0.15) is 11.3 Å². The molecule has 0 saturated heterocycles. The Balaban J connectivity index is 1.48. The molecule has 0 saturated carbocycles. The lowest BCUT2D eigenvalue weighted by Gasteiger charge is -2.08. The van der Waals surface area contributed by atoms with Crippen molar-refractivity contribution < 1.29 is 18.7 Å². The van der Waals surface area contributed by atoms with E-state index in [1.54, 1.807) is 48.5 Å². The highest BCUT2D eigenvalue weighted by atomic mass is 16.5. The molecule has 4 rings (SSSR count). The van der Waals surface area contributed by atoms with Crippen molar-refractivity contribution in [2.45, 2.75) is 20.4 Å². The van der Waals surface area contributed by atoms with Gasteiger partial charge in [-0.2, -0.15) is 0 Å². The molecule has 3 aromatic carbocycles. The SMILES string of the molecule is COC(=O)c1ccc(CNC(=O)c2ccc(-c3cc(=O)c4cc(C)cc(C)c4o3)cc2)cc1. The van der Waals surface area contributed by atoms with Crippen LogP contribution in [0.1, 0.15) is 37.4 Å². The lowest BCUT2D eigenvalue weighted by Crippen LogP contribution is -2.22. The normalized spacial score (nSPS) is 10.8. The zero-order chi connectivity index (χ0) is 23.5. The second-order valence-electron chi connectivity index (χ2n) is 7.88. The molecule has 0 unspecified atom stereocenters. The fourth-order valence-corrected chi connectivity index (χ4v) is 3.70. The van der Waals surface area contributed by atoms with Crippen LogP contribution in [-0.4, -0.2) is 19.0 Å². The van der Waals surface area contributed by atoms with Crippen molar-refractivity contribution in [1.82, 2.24) is 5.32 Å². The Morgan fingerprint density at radius 2 is 1.58 bits per heavy atom. The summed E-state index contributed by atoms with van der Waals surface area (Å²) < 4.78 is 10.7. The van der Waals surface area contributed by atoms with Gasteiger partial charge in [0, 0.05) is 23.7 Å². The predicted octanol–water partition coefficient (Wildman–Crippen LogP) is 4.79. The Labute approximate surface area is 190 Å². The summed E-state index contributed by atoms with van der Waals surface area (Å²) in [6.45, 7) is 4.18. The van der Waals surface area contributed by atoms with Crippen molar-refractivity contribution in [3.8, 4) is 11.3 Å². The highest BCUT2D eigenvalue weighted by molar-refractivity contribution is 5.94. The highest BCUT2D eigenvalue weighted by Gasteiger charge is 2.12. The molecule has 0 aliphatic rings. The molecule has 0 fully saturated rings. The number of hydrogen-bond donors (Lipinski definition) is 1. The first kappa shape index (κ1) is 22.0. The van der Waals surface area contributed by atoms with Gasteiger partial charge in [-0.1, -0.05) is 30.3 Å². The molecule has 0 atom stereocenters. The number of ether oxygens (including phenoxy) is 1. The molecule has 0 aliphatic carbocycles. The van der Waals surface area contributed by atoms with Gasteiger partial charge in [-0.3, -0.25) is 9.59 Å². The smallest absolute Gasteiger partial charge is 0.337 e. The van der Waals surface area contributed by atoms with E-state index in [4.69, 9.17) is 4.42 Å². The van der Waals surface area contributed by atoms with E-state index < -0.39 is 5.97 Å². The number of methoxy groups -OCH3 is 1. The van der Waals surface area contributed by atoms with Crippen molar-refractivity contribution >= 4 is 22.8 Å². The van der Waals surface area contributed by atoms with Crippen LogP contribution in [0.25, 0.3) is 22.3 Å². The minimum Gasteiger partial charge on any atom is -0.465 e. The maximum Gasteiger partial charge on any atom is 0.337 e. The van der Waals surface area contributed by atoms with Crippen molar-refractivity contribution in [2.24, 2.45) is 0 Å². The van der Waals surface area contributed by atoms with Crippen LogP contribution < -0.4 is 10.7 Å². The molecule has 0 aliphatic heterocycles. The predicted molar refractivity (Wildman–Crippen MR) is 126 cm³/mol. The molecular weight excluding hydrogens is 418 g/mol. The number of rotatable bonds is 5. The van der Waals surface area contributed by atoms with Gasteiger partial charge in [-0.15, -0.1) is 0 Å². The molecule has 1 heterocycles. The van der Waals surface area contributed by atoms with Gasteiger partial charge in [0.2, 0.25) is 0 Å². The highest BCUT2D eigenvalue weighted by Crippen LogP contribution is 2.25. The first-order chi connectivity index (χ1) is 15.9. The third kappa shape index (κ3) is 4.70. The average molecular weight is 441 g/mol. The number of hydrogen-bond acceptors (Lipinski definition) is 5. The summed E-state index contributed by atoms with van der Waals surface area (Å²) in [7, 11) is 1.33. The molecule has 0 bridgehead atoms. The van der Waals surface area contributed by atoms with Gasteiger partial charge in [-0.25, -0.2) is 4.79 Å². The van der Waals surface area contributed by atoms with E-state index in [0.717, 1.165) is 16.7 Å². The molecule has 1 amide bonds. The van der Waals surface area contributed by atoms with Crippen molar-refractivity contribution in [2.75, 3.05) is 7.11 Å². The average Bonchev–Trinajstić information content (AvgIpc) is 2.83. The number of benzene rings is 3. The van der Waals surface area contributed by atoms with E-state index in [1.165, 1.54) is 13.2 Å². The summed E-state index contributed by atoms with van der Waals surface area (Å²) in [4.78, 5) is 36.6. The number of fused-ring (bicyclic) bond motifs is 1. The van der Waals surface area contributed by atoms with Gasteiger partial charge >= 0.3 is 5.97 Å². The molecule has 166 valence electrons. The second kappa shape index (κ2) is 9.12. The lowest BCUT2D eigenvalue weighted by molar-refractivity contribution is 0.0600. The van der Waals surface area contributed by atoms with Crippen molar-refractivity contribution in [1.29, 1.82) is 0 Å². The summed E-state index contributed by atoms with van der Waals surface area (Å²) in [6.07, 6.45) is 0. The molecule has 4 aromatic rings. The Kier molecular flexibility index (Phi) is 6.09. The largest absolute Gasteiger partial charge is 0.465 e. The molecule has 33 heavy (non-hydrogen) atoms. The van der Waals surface area contributed by atoms with Crippen LogP contribution in [0.4, 0.5) is 0 Å². The monoisotopic (exact) mass is 441 g/mol. The number of aryl methyl sites for hydroxylation is 2. The summed E-state index contributed by atoms with van der Waals surface area (Å²) in [6, 6.07) is 19.0. The maximum absolute atomic E-state index is 12.6. The Bertz CT molecular complexity index is 1400. The van der Waals surface area contributed by atoms with Gasteiger partial charge in [0.25, 0.3) is 5.91 Å². The quantitative estimate of drug-likeness (QED) is 0.450. The zero-order valence-corrected chi connectivity index (χ0v) is 18.6. The Hall–Kier alpha value is -4.19. The zero-order valence-electron chi connectivity index (χ0n) is 18.6. The third-order valence-electron chi connectivity index (χ3n) is 5.42. The number of amides is 1. The van der Waals surface area contributed by atoms with Crippen molar-refractivity contribution in [3.63, 3.8) is 0 Å². The minimum atomic E-state index is -0.404. The number of carbonyl (C=O) groups is 2. The van der Waals surface area contributed by atoms with Gasteiger partial charge < -0.3 is 14.5 Å². The van der Waals surface area contributed by atoms with E-state index in [0.29, 0.717) is 40.0 Å². The summed E-state index contributed by atoms with van der Waals surface area (Å²) in [5, 5.41) is 3.42. The van der Waals surface area contributed by atoms with Crippen LogP contribution in [0.2, 0.25) is 0 Å². The molecular formula is C27H23NO5. The first-order valence-electron chi connectivity index (χ1n) is 10.5. The fraction of sp³-hybridized carbons (Fsp3) is 0.148. The summed E-state index contributed by atoms with van der Waals surface area (Å²) in [5.74, 6) is -0.180. The van der Waals surface area contributed by atoms with Crippen molar-refractivity contribution in [3.05, 3.63) is 105 Å². The molecule has 6 nitrogen and oxygen atoms in total. The van der Waals surface area contributed by atoms with Crippen LogP contribution in [0, 0.1) is 13.8 Å². The molecule has 6 heteroatoms. The van der Waals surface area contributed by atoms with Gasteiger partial charge in [0.05, 0.1) is 18.1 Å². The second-order valence-corrected chi connectivity index (χ2v) is 7.88. The molecule has 1 N–H and O–H groups in total. The summed E-state index contributed by atoms with van der Waals surface area (Å²) >= 11 is 0. The molecule has 0 spiro atoms. The Morgan fingerprint density at radius 3 is 2.24 bits per heavy atom. The lowest BCUT2D eigenvalue weighted by atomic mass is 10.1. The van der Waals surface area contributed by atoms with Gasteiger partial charge in [-0.05, 0) is 60.9 Å². The maximum atomic E-state index is 12.6. The Morgan fingerprint density at radius 1 is 0.909 bits per heavy atom. The fourth-order valence-electron chi connectivity index (χ4n) is 3.70.